The number of carboxylic acids is 1. The summed E-state index contributed by atoms with van der Waals surface area (Å²) < 4.78 is 33.7. The van der Waals surface area contributed by atoms with Crippen LogP contribution in [0.25, 0.3) is 0 Å². The van der Waals surface area contributed by atoms with Gasteiger partial charge in [0.15, 0.2) is 0 Å². The molecule has 0 atom stereocenters. The Morgan fingerprint density at radius 3 is 2.76 bits per heavy atom. The molecule has 0 aliphatic rings. The van der Waals surface area contributed by atoms with Gasteiger partial charge < -0.3 is 9.84 Å². The van der Waals surface area contributed by atoms with Crippen LogP contribution in [-0.2, 0) is 14.8 Å². The maximum atomic E-state index is 11.5. The van der Waals surface area contributed by atoms with Crippen molar-refractivity contribution in [3.05, 3.63) is 11.3 Å². The number of aryl methyl sites for hydroxylation is 1. The summed E-state index contributed by atoms with van der Waals surface area (Å²) in [5, 5.41) is 8.93. The summed E-state index contributed by atoms with van der Waals surface area (Å²) in [4.78, 5) is 10.9. The fourth-order valence-corrected chi connectivity index (χ4v) is 3.13. The Balaban J connectivity index is 2.92. The number of nitrogens with one attached hydrogen (secondary N) is 1. The molecule has 0 spiro atoms. The average molecular weight is 280 g/mol. The number of aromatic nitrogens is 1. The first-order valence-corrected chi connectivity index (χ1v) is 6.99. The predicted molar refractivity (Wildman–Crippen MR) is 63.1 cm³/mol. The molecule has 1 heterocycles. The number of methoxy groups -OCH3 is 1. The van der Waals surface area contributed by atoms with E-state index in [9.17, 15) is 13.2 Å². The average Bonchev–Trinajstić information content (AvgIpc) is 2.56. The molecular weight excluding hydrogens is 268 g/mol. The van der Waals surface area contributed by atoms with E-state index >= 15 is 0 Å². The Morgan fingerprint density at radius 2 is 2.24 bits per heavy atom. The van der Waals surface area contributed by atoms with E-state index in [1.807, 2.05) is 0 Å². The van der Waals surface area contributed by atoms with E-state index in [4.69, 9.17) is 5.11 Å². The van der Waals surface area contributed by atoms with Gasteiger partial charge in [-0.15, -0.1) is 0 Å². The van der Waals surface area contributed by atoms with E-state index in [1.54, 1.807) is 0 Å². The Labute approximate surface area is 103 Å². The Morgan fingerprint density at radius 1 is 1.59 bits per heavy atom. The molecule has 17 heavy (non-hydrogen) atoms. The van der Waals surface area contributed by atoms with Crippen molar-refractivity contribution in [3.63, 3.8) is 0 Å². The summed E-state index contributed by atoms with van der Waals surface area (Å²) >= 11 is 0.803. The number of nitrogens with zero attached hydrogens (tertiary/aromatic N) is 1. The van der Waals surface area contributed by atoms with E-state index in [-0.39, 0.29) is 28.6 Å². The molecule has 0 radical (unpaired) electrons. The van der Waals surface area contributed by atoms with Gasteiger partial charge in [-0.3, -0.25) is 4.72 Å². The van der Waals surface area contributed by atoms with Crippen LogP contribution in [0.1, 0.15) is 16.1 Å². The van der Waals surface area contributed by atoms with Gasteiger partial charge in [0.25, 0.3) is 0 Å². The maximum Gasteiger partial charge on any atom is 0.340 e. The Kier molecular flexibility index (Phi) is 4.43. The van der Waals surface area contributed by atoms with Crippen LogP contribution in [0.2, 0.25) is 0 Å². The molecule has 0 aliphatic heterocycles. The summed E-state index contributed by atoms with van der Waals surface area (Å²) in [6, 6.07) is 0. The van der Waals surface area contributed by atoms with Crippen LogP contribution in [0.4, 0.5) is 5.00 Å². The molecule has 0 unspecified atom stereocenters. The lowest BCUT2D eigenvalue weighted by atomic mass is 10.2. The highest BCUT2D eigenvalue weighted by Crippen LogP contribution is 2.25. The molecule has 0 aliphatic carbocycles. The van der Waals surface area contributed by atoms with Crippen molar-refractivity contribution in [1.29, 1.82) is 0 Å². The fourth-order valence-electron chi connectivity index (χ4n) is 1.08. The van der Waals surface area contributed by atoms with Crippen LogP contribution in [0.15, 0.2) is 0 Å². The maximum absolute atomic E-state index is 11.5. The monoisotopic (exact) mass is 280 g/mol. The predicted octanol–water partition coefficient (Wildman–Crippen LogP) is 0.538. The lowest BCUT2D eigenvalue weighted by Gasteiger charge is -2.05. The molecule has 1 aromatic rings. The highest BCUT2D eigenvalue weighted by Gasteiger charge is 2.21. The number of hydrogen-bond donors (Lipinski definition) is 2. The minimum absolute atomic E-state index is 0.0195. The molecule has 0 saturated heterocycles. The second-order valence-electron chi connectivity index (χ2n) is 3.19. The molecule has 2 N–H and O–H groups in total. The molecule has 0 fully saturated rings. The van der Waals surface area contributed by atoms with Crippen molar-refractivity contribution >= 4 is 32.5 Å². The zero-order valence-corrected chi connectivity index (χ0v) is 10.9. The summed E-state index contributed by atoms with van der Waals surface area (Å²) in [5.41, 5.74) is 0.169. The number of hydrogen-bond acceptors (Lipinski definition) is 6. The first-order chi connectivity index (χ1) is 7.87. The van der Waals surface area contributed by atoms with Gasteiger partial charge in [-0.05, 0) is 18.5 Å². The van der Waals surface area contributed by atoms with Crippen molar-refractivity contribution in [2.75, 3.05) is 24.2 Å². The van der Waals surface area contributed by atoms with Crippen LogP contribution in [0.3, 0.4) is 0 Å². The number of rotatable bonds is 6. The molecular formula is C8H12N2O5S2. The van der Waals surface area contributed by atoms with Crippen molar-refractivity contribution in [2.45, 2.75) is 6.92 Å². The summed E-state index contributed by atoms with van der Waals surface area (Å²) in [7, 11) is -2.22. The molecule has 96 valence electrons. The number of carboxylic acid groups (broad SMARTS) is 1. The fraction of sp³-hybridized carbons (Fsp3) is 0.500. The lowest BCUT2D eigenvalue weighted by Crippen LogP contribution is -2.20. The smallest absolute Gasteiger partial charge is 0.340 e. The second kappa shape index (κ2) is 5.43. The lowest BCUT2D eigenvalue weighted by molar-refractivity contribution is 0.0697. The van der Waals surface area contributed by atoms with Crippen LogP contribution in [0.5, 0.6) is 0 Å². The van der Waals surface area contributed by atoms with Crippen LogP contribution < -0.4 is 4.72 Å². The molecule has 1 aromatic heterocycles. The van der Waals surface area contributed by atoms with E-state index in [1.165, 1.54) is 14.0 Å². The molecule has 7 nitrogen and oxygen atoms in total. The van der Waals surface area contributed by atoms with Gasteiger partial charge in [0.2, 0.25) is 10.0 Å². The summed E-state index contributed by atoms with van der Waals surface area (Å²) in [6.07, 6.45) is 0. The number of sulfonamides is 1. The van der Waals surface area contributed by atoms with Crippen molar-refractivity contribution in [3.8, 4) is 0 Å². The zero-order chi connectivity index (χ0) is 13.1. The Bertz CT molecular complexity index is 508. The highest BCUT2D eigenvalue weighted by atomic mass is 32.2. The minimum atomic E-state index is -3.61. The van der Waals surface area contributed by atoms with E-state index < -0.39 is 16.0 Å². The second-order valence-corrected chi connectivity index (χ2v) is 5.81. The van der Waals surface area contributed by atoms with E-state index in [0.29, 0.717) is 0 Å². The quantitative estimate of drug-likeness (QED) is 0.787. The first-order valence-electron chi connectivity index (χ1n) is 4.56. The first kappa shape index (κ1) is 13.9. The van der Waals surface area contributed by atoms with Gasteiger partial charge in [0.1, 0.15) is 10.6 Å². The third-order valence-electron chi connectivity index (χ3n) is 1.88. The van der Waals surface area contributed by atoms with Gasteiger partial charge in [0.05, 0.1) is 18.1 Å². The third-order valence-corrected chi connectivity index (χ3v) is 4.08. The topological polar surface area (TPSA) is 106 Å². The molecule has 9 heteroatoms. The summed E-state index contributed by atoms with van der Waals surface area (Å²) in [5.74, 6) is -1.44. The molecule has 1 rings (SSSR count). The van der Waals surface area contributed by atoms with Crippen LogP contribution >= 0.6 is 11.5 Å². The van der Waals surface area contributed by atoms with Gasteiger partial charge in [-0.2, -0.15) is 4.37 Å². The third kappa shape index (κ3) is 3.65. The number of carbonyl (C=O) groups is 1. The van der Waals surface area contributed by atoms with E-state index in [0.717, 1.165) is 11.5 Å². The van der Waals surface area contributed by atoms with Gasteiger partial charge in [-0.1, -0.05) is 0 Å². The molecule has 0 saturated carbocycles. The van der Waals surface area contributed by atoms with Crippen LogP contribution in [0, 0.1) is 6.92 Å². The van der Waals surface area contributed by atoms with Crippen LogP contribution in [-0.4, -0.2) is 43.3 Å². The van der Waals surface area contributed by atoms with Gasteiger partial charge >= 0.3 is 5.97 Å². The Hall–Kier alpha value is -1.19. The molecule has 0 amide bonds. The van der Waals surface area contributed by atoms with Crippen molar-refractivity contribution in [2.24, 2.45) is 0 Å². The van der Waals surface area contributed by atoms with Gasteiger partial charge in [0, 0.05) is 7.11 Å². The minimum Gasteiger partial charge on any atom is -0.478 e. The standard InChI is InChI=1S/C8H12N2O5S2/c1-5-6(8(11)12)7(16-9-5)10-17(13,14)4-3-15-2/h10H,3-4H2,1-2H3,(H,11,12). The SMILES string of the molecule is COCCS(=O)(=O)Nc1snc(C)c1C(=O)O. The normalized spacial score (nSPS) is 11.4. The van der Waals surface area contributed by atoms with E-state index in [2.05, 4.69) is 13.8 Å². The molecule has 0 bridgehead atoms. The van der Waals surface area contributed by atoms with Crippen molar-refractivity contribution in [1.82, 2.24) is 4.37 Å². The zero-order valence-electron chi connectivity index (χ0n) is 9.26. The number of ether oxygens (including phenoxy) is 1. The largest absolute Gasteiger partial charge is 0.478 e. The van der Waals surface area contributed by atoms with Crippen molar-refractivity contribution < 1.29 is 23.1 Å². The number of aromatic carboxylic acids is 1. The summed E-state index contributed by atoms with van der Waals surface area (Å²) in [6.45, 7) is 1.54. The highest BCUT2D eigenvalue weighted by molar-refractivity contribution is 7.92. The number of anilines is 1. The molecule has 0 aromatic carbocycles. The van der Waals surface area contributed by atoms with Gasteiger partial charge in [-0.25, -0.2) is 13.2 Å².